The number of amides is 1. The number of alkyl halides is 3. The van der Waals surface area contributed by atoms with Gasteiger partial charge in [0.1, 0.15) is 0 Å². The molecule has 1 atom stereocenters. The lowest BCUT2D eigenvalue weighted by molar-refractivity contribution is -0.145. The van der Waals surface area contributed by atoms with Gasteiger partial charge in [0.15, 0.2) is 0 Å². The summed E-state index contributed by atoms with van der Waals surface area (Å²) >= 11 is 0. The van der Waals surface area contributed by atoms with Crippen molar-refractivity contribution in [2.75, 3.05) is 6.54 Å². The van der Waals surface area contributed by atoms with E-state index >= 15 is 0 Å². The molecule has 9 heteroatoms. The Kier molecular flexibility index (Phi) is 6.25. The van der Waals surface area contributed by atoms with E-state index in [1.807, 2.05) is 0 Å². The fourth-order valence-electron chi connectivity index (χ4n) is 2.33. The molecule has 0 unspecified atom stereocenters. The maximum Gasteiger partial charge on any atom is 0.451 e. The molecule has 1 N–H and O–H groups in total. The van der Waals surface area contributed by atoms with Gasteiger partial charge in [0.25, 0.3) is 0 Å². The molecule has 26 heavy (non-hydrogen) atoms. The topological polar surface area (TPSA) is 79.2 Å². The summed E-state index contributed by atoms with van der Waals surface area (Å²) in [5.41, 5.74) is 0.841. The van der Waals surface area contributed by atoms with Gasteiger partial charge in [-0.1, -0.05) is 6.07 Å². The van der Waals surface area contributed by atoms with E-state index in [9.17, 15) is 23.1 Å². The first-order chi connectivity index (χ1) is 12.2. The number of halogens is 3. The Morgan fingerprint density at radius 1 is 1.23 bits per heavy atom. The average Bonchev–Trinajstić information content (AvgIpc) is 2.59. The smallest absolute Gasteiger partial charge is 0.386 e. The third kappa shape index (κ3) is 5.22. The van der Waals surface area contributed by atoms with Crippen molar-refractivity contribution < 1.29 is 23.1 Å². The second-order valence-corrected chi connectivity index (χ2v) is 6.03. The molecule has 0 saturated heterocycles. The van der Waals surface area contributed by atoms with Crippen LogP contribution in [-0.4, -0.2) is 43.5 Å². The molecular weight excluding hydrogens is 349 g/mol. The predicted molar refractivity (Wildman–Crippen MR) is 86.8 cm³/mol. The van der Waals surface area contributed by atoms with Gasteiger partial charge < -0.3 is 10.0 Å². The van der Waals surface area contributed by atoms with Crippen molar-refractivity contribution in [3.05, 3.63) is 53.9 Å². The van der Waals surface area contributed by atoms with Gasteiger partial charge in [0.2, 0.25) is 11.7 Å². The minimum absolute atomic E-state index is 0.0453. The van der Waals surface area contributed by atoms with Crippen LogP contribution in [0, 0.1) is 0 Å². The Bertz CT molecular complexity index is 721. The normalized spacial score (nSPS) is 12.9. The first-order valence-electron chi connectivity index (χ1n) is 7.94. The summed E-state index contributed by atoms with van der Waals surface area (Å²) in [6, 6.07) is 3.17. The van der Waals surface area contributed by atoms with Crippen LogP contribution in [0.2, 0.25) is 0 Å². The molecule has 0 spiro atoms. The summed E-state index contributed by atoms with van der Waals surface area (Å²) < 4.78 is 37.5. The fraction of sp³-hybridized carbons (Fsp3) is 0.412. The molecule has 0 aromatic carbocycles. The van der Waals surface area contributed by atoms with Crippen LogP contribution in [0.3, 0.4) is 0 Å². The molecule has 0 aliphatic heterocycles. The minimum atomic E-state index is -4.62. The molecule has 2 rings (SSSR count). The third-order valence-corrected chi connectivity index (χ3v) is 3.70. The highest BCUT2D eigenvalue weighted by Gasteiger charge is 2.34. The number of carbonyl (C=O) groups excluding carboxylic acids is 1. The Labute approximate surface area is 148 Å². The number of aromatic nitrogens is 3. The number of rotatable bonds is 6. The van der Waals surface area contributed by atoms with E-state index in [-0.39, 0.29) is 30.5 Å². The lowest BCUT2D eigenvalue weighted by atomic mass is 10.1. The molecule has 0 bridgehead atoms. The molecule has 1 amide bonds. The van der Waals surface area contributed by atoms with E-state index in [4.69, 9.17) is 0 Å². The summed E-state index contributed by atoms with van der Waals surface area (Å²) in [6.07, 6.45) is -0.632. The second kappa shape index (κ2) is 8.22. The summed E-state index contributed by atoms with van der Waals surface area (Å²) in [6.45, 7) is 3.62. The SMILES string of the molecule is CC(C)N(C[C@@H](O)c1cccnc1)C(=O)Cc1cnc(C(F)(F)F)nc1. The van der Waals surface area contributed by atoms with Crippen LogP contribution in [0.15, 0.2) is 36.9 Å². The quantitative estimate of drug-likeness (QED) is 0.847. The Balaban J connectivity index is 2.06. The third-order valence-electron chi connectivity index (χ3n) is 3.70. The number of pyridine rings is 1. The van der Waals surface area contributed by atoms with Crippen molar-refractivity contribution in [2.24, 2.45) is 0 Å². The molecular formula is C17H19F3N4O2. The van der Waals surface area contributed by atoms with Gasteiger partial charge in [-0.3, -0.25) is 9.78 Å². The molecule has 140 valence electrons. The standard InChI is InChI=1S/C17H19F3N4O2/c1-11(2)24(10-14(25)13-4-3-5-21-9-13)15(26)6-12-7-22-16(23-8-12)17(18,19)20/h3-5,7-9,11,14,25H,6,10H2,1-2H3/t14-/m1/s1. The molecule has 0 fully saturated rings. The first kappa shape index (κ1) is 19.8. The van der Waals surface area contributed by atoms with Gasteiger partial charge in [-0.05, 0) is 25.5 Å². The zero-order valence-corrected chi connectivity index (χ0v) is 14.3. The van der Waals surface area contributed by atoms with Gasteiger partial charge in [-0.2, -0.15) is 13.2 Å². The van der Waals surface area contributed by atoms with Crippen LogP contribution < -0.4 is 0 Å². The zero-order valence-electron chi connectivity index (χ0n) is 14.3. The van der Waals surface area contributed by atoms with E-state index in [1.54, 1.807) is 32.2 Å². The van der Waals surface area contributed by atoms with Gasteiger partial charge in [-0.15, -0.1) is 0 Å². The van der Waals surface area contributed by atoms with Crippen molar-refractivity contribution in [2.45, 2.75) is 38.6 Å². The van der Waals surface area contributed by atoms with E-state index < -0.39 is 18.1 Å². The van der Waals surface area contributed by atoms with E-state index in [2.05, 4.69) is 15.0 Å². The number of carbonyl (C=O) groups is 1. The highest BCUT2D eigenvalue weighted by molar-refractivity contribution is 5.79. The molecule has 6 nitrogen and oxygen atoms in total. The highest BCUT2D eigenvalue weighted by Crippen LogP contribution is 2.25. The van der Waals surface area contributed by atoms with Crippen LogP contribution in [0.1, 0.15) is 36.9 Å². The lowest BCUT2D eigenvalue weighted by Gasteiger charge is -2.29. The molecule has 2 aromatic heterocycles. The Morgan fingerprint density at radius 3 is 2.38 bits per heavy atom. The van der Waals surface area contributed by atoms with Crippen LogP contribution in [0.25, 0.3) is 0 Å². The Morgan fingerprint density at radius 2 is 1.88 bits per heavy atom. The summed E-state index contributed by atoms with van der Waals surface area (Å²) in [7, 11) is 0. The number of hydrogen-bond acceptors (Lipinski definition) is 5. The van der Waals surface area contributed by atoms with Gasteiger partial charge in [-0.25, -0.2) is 9.97 Å². The largest absolute Gasteiger partial charge is 0.451 e. The molecule has 0 aliphatic carbocycles. The van der Waals surface area contributed by atoms with Crippen molar-refractivity contribution in [1.29, 1.82) is 0 Å². The Hall–Kier alpha value is -2.55. The maximum absolute atomic E-state index is 12.5. The lowest BCUT2D eigenvalue weighted by Crippen LogP contribution is -2.40. The van der Waals surface area contributed by atoms with Crippen LogP contribution >= 0.6 is 0 Å². The first-order valence-corrected chi connectivity index (χ1v) is 7.94. The molecule has 2 aromatic rings. The van der Waals surface area contributed by atoms with Crippen molar-refractivity contribution >= 4 is 5.91 Å². The number of aliphatic hydroxyl groups is 1. The average molecular weight is 368 g/mol. The number of hydrogen-bond donors (Lipinski definition) is 1. The van der Waals surface area contributed by atoms with E-state index in [0.717, 1.165) is 12.4 Å². The molecule has 0 aliphatic rings. The molecule has 2 heterocycles. The number of aliphatic hydroxyl groups excluding tert-OH is 1. The van der Waals surface area contributed by atoms with Crippen molar-refractivity contribution in [3.8, 4) is 0 Å². The van der Waals surface area contributed by atoms with Crippen LogP contribution in [-0.2, 0) is 17.4 Å². The second-order valence-electron chi connectivity index (χ2n) is 6.03. The molecule has 0 saturated carbocycles. The van der Waals surface area contributed by atoms with Gasteiger partial charge in [0, 0.05) is 36.4 Å². The zero-order chi connectivity index (χ0) is 19.3. The van der Waals surface area contributed by atoms with Crippen molar-refractivity contribution in [3.63, 3.8) is 0 Å². The predicted octanol–water partition coefficient (Wildman–Crippen LogP) is 2.40. The van der Waals surface area contributed by atoms with Crippen LogP contribution in [0.5, 0.6) is 0 Å². The highest BCUT2D eigenvalue weighted by atomic mass is 19.4. The van der Waals surface area contributed by atoms with Crippen molar-refractivity contribution in [1.82, 2.24) is 19.9 Å². The summed E-state index contributed by atoms with van der Waals surface area (Å²) in [5, 5.41) is 10.3. The van der Waals surface area contributed by atoms with E-state index in [1.165, 1.54) is 11.1 Å². The fourth-order valence-corrected chi connectivity index (χ4v) is 2.33. The molecule has 0 radical (unpaired) electrons. The van der Waals surface area contributed by atoms with E-state index in [0.29, 0.717) is 5.56 Å². The number of nitrogens with zero attached hydrogens (tertiary/aromatic N) is 4. The van der Waals surface area contributed by atoms with Crippen LogP contribution in [0.4, 0.5) is 13.2 Å². The minimum Gasteiger partial charge on any atom is -0.386 e. The maximum atomic E-state index is 12.5. The monoisotopic (exact) mass is 368 g/mol. The van der Waals surface area contributed by atoms with Gasteiger partial charge >= 0.3 is 6.18 Å². The van der Waals surface area contributed by atoms with Gasteiger partial charge in [0.05, 0.1) is 19.1 Å². The summed E-state index contributed by atoms with van der Waals surface area (Å²) in [4.78, 5) is 24.4. The summed E-state index contributed by atoms with van der Waals surface area (Å²) in [5.74, 6) is -1.59.